The van der Waals surface area contributed by atoms with Crippen molar-refractivity contribution in [2.24, 2.45) is 0 Å². The van der Waals surface area contributed by atoms with Crippen LogP contribution in [0.3, 0.4) is 0 Å². The van der Waals surface area contributed by atoms with E-state index in [1.54, 1.807) is 18.1 Å². The summed E-state index contributed by atoms with van der Waals surface area (Å²) in [5.41, 5.74) is 4.41. The van der Waals surface area contributed by atoms with E-state index < -0.39 is 0 Å². The number of nitrogens with zero attached hydrogens (tertiary/aromatic N) is 5. The van der Waals surface area contributed by atoms with Gasteiger partial charge in [0.1, 0.15) is 6.33 Å². The van der Waals surface area contributed by atoms with Crippen LogP contribution >= 0.6 is 0 Å². The van der Waals surface area contributed by atoms with Crippen LogP contribution in [-0.2, 0) is 0 Å². The highest BCUT2D eigenvalue weighted by Crippen LogP contribution is 2.19. The fraction of sp³-hybridized carbons (Fsp3) is 0.263. The van der Waals surface area contributed by atoms with E-state index in [0.29, 0.717) is 5.56 Å². The first-order chi connectivity index (χ1) is 12.0. The van der Waals surface area contributed by atoms with E-state index in [1.165, 1.54) is 6.33 Å². The number of benzene rings is 1. The van der Waals surface area contributed by atoms with Crippen molar-refractivity contribution in [1.82, 2.24) is 24.6 Å². The van der Waals surface area contributed by atoms with Gasteiger partial charge in [0.25, 0.3) is 5.91 Å². The zero-order chi connectivity index (χ0) is 18.0. The number of hydrogen-bond donors (Lipinski definition) is 0. The Morgan fingerprint density at radius 3 is 2.44 bits per heavy atom. The van der Waals surface area contributed by atoms with E-state index in [1.807, 2.05) is 61.9 Å². The lowest BCUT2D eigenvalue weighted by Gasteiger charge is -2.24. The van der Waals surface area contributed by atoms with Crippen LogP contribution in [0.25, 0.3) is 5.69 Å². The number of aromatic nitrogens is 4. The van der Waals surface area contributed by atoms with Gasteiger partial charge in [0.2, 0.25) is 0 Å². The monoisotopic (exact) mass is 335 g/mol. The molecule has 1 atom stereocenters. The molecular formula is C19H21N5O. The summed E-state index contributed by atoms with van der Waals surface area (Å²) >= 11 is 0. The molecule has 2 aromatic heterocycles. The van der Waals surface area contributed by atoms with Crippen molar-refractivity contribution in [3.05, 3.63) is 71.6 Å². The molecule has 1 aromatic carbocycles. The average Bonchev–Trinajstić information content (AvgIpc) is 2.99. The fourth-order valence-corrected chi connectivity index (χ4v) is 2.76. The van der Waals surface area contributed by atoms with Gasteiger partial charge in [-0.1, -0.05) is 0 Å². The number of carbonyl (C=O) groups is 1. The van der Waals surface area contributed by atoms with Gasteiger partial charge in [0.05, 0.1) is 23.1 Å². The summed E-state index contributed by atoms with van der Waals surface area (Å²) in [6.45, 7) is 5.92. The highest BCUT2D eigenvalue weighted by molar-refractivity contribution is 5.94. The van der Waals surface area contributed by atoms with Crippen molar-refractivity contribution in [3.8, 4) is 5.69 Å². The van der Waals surface area contributed by atoms with Crippen LogP contribution in [0.1, 0.15) is 40.4 Å². The molecule has 6 nitrogen and oxygen atoms in total. The van der Waals surface area contributed by atoms with E-state index in [2.05, 4.69) is 15.1 Å². The Kier molecular flexibility index (Phi) is 4.61. The first kappa shape index (κ1) is 16.8. The molecule has 0 spiro atoms. The van der Waals surface area contributed by atoms with Crippen molar-refractivity contribution in [2.45, 2.75) is 26.8 Å². The molecule has 6 heteroatoms. The minimum absolute atomic E-state index is 0.0500. The number of amides is 1. The fourth-order valence-electron chi connectivity index (χ4n) is 2.76. The minimum atomic E-state index is -0.133. The number of rotatable bonds is 4. The van der Waals surface area contributed by atoms with Crippen molar-refractivity contribution < 1.29 is 4.79 Å². The number of hydrogen-bond acceptors (Lipinski definition) is 4. The SMILES string of the molecule is Cc1cc(C)n(-c2ccc(C(=O)N(C)[C@@H](C)c3ccncn3)cc2)n1. The molecule has 128 valence electrons. The second-order valence-corrected chi connectivity index (χ2v) is 6.11. The molecule has 1 amide bonds. The second kappa shape index (κ2) is 6.84. The van der Waals surface area contributed by atoms with Crippen LogP contribution in [0.2, 0.25) is 0 Å². The van der Waals surface area contributed by atoms with Gasteiger partial charge in [-0.2, -0.15) is 5.10 Å². The van der Waals surface area contributed by atoms with Crippen LogP contribution in [0, 0.1) is 13.8 Å². The minimum Gasteiger partial charge on any atom is -0.333 e. The van der Waals surface area contributed by atoms with Gasteiger partial charge >= 0.3 is 0 Å². The summed E-state index contributed by atoms with van der Waals surface area (Å²) in [5.74, 6) is -0.0500. The standard InChI is InChI=1S/C19H21N5O/c1-13-11-14(2)24(22-13)17-7-5-16(6-8-17)19(25)23(4)15(3)18-9-10-20-12-21-18/h5-12,15H,1-4H3/t15-/m0/s1. The lowest BCUT2D eigenvalue weighted by atomic mass is 10.1. The van der Waals surface area contributed by atoms with Gasteiger partial charge in [0.15, 0.2) is 0 Å². The second-order valence-electron chi connectivity index (χ2n) is 6.11. The Morgan fingerprint density at radius 2 is 1.88 bits per heavy atom. The number of aryl methyl sites for hydroxylation is 2. The smallest absolute Gasteiger partial charge is 0.254 e. The van der Waals surface area contributed by atoms with Gasteiger partial charge in [-0.05, 0) is 57.2 Å². The Balaban J connectivity index is 1.80. The maximum atomic E-state index is 12.7. The normalized spacial score (nSPS) is 12.0. The molecule has 3 aromatic rings. The third-order valence-electron chi connectivity index (χ3n) is 4.30. The lowest BCUT2D eigenvalue weighted by Crippen LogP contribution is -2.30. The van der Waals surface area contributed by atoms with E-state index in [0.717, 1.165) is 22.8 Å². The van der Waals surface area contributed by atoms with Crippen molar-refractivity contribution in [3.63, 3.8) is 0 Å². The predicted octanol–water partition coefficient (Wildman–Crippen LogP) is 3.11. The third-order valence-corrected chi connectivity index (χ3v) is 4.30. The van der Waals surface area contributed by atoms with E-state index in [9.17, 15) is 4.79 Å². The van der Waals surface area contributed by atoms with Gasteiger partial charge in [-0.15, -0.1) is 0 Å². The molecule has 0 bridgehead atoms. The zero-order valence-electron chi connectivity index (χ0n) is 14.8. The largest absolute Gasteiger partial charge is 0.333 e. The molecule has 0 radical (unpaired) electrons. The highest BCUT2D eigenvalue weighted by atomic mass is 16.2. The van der Waals surface area contributed by atoms with E-state index in [-0.39, 0.29) is 11.9 Å². The van der Waals surface area contributed by atoms with Crippen molar-refractivity contribution in [2.75, 3.05) is 7.05 Å². The molecular weight excluding hydrogens is 314 g/mol. The first-order valence-electron chi connectivity index (χ1n) is 8.14. The van der Waals surface area contributed by atoms with Gasteiger partial charge in [-0.3, -0.25) is 4.79 Å². The average molecular weight is 335 g/mol. The van der Waals surface area contributed by atoms with Crippen LogP contribution in [0.4, 0.5) is 0 Å². The molecule has 25 heavy (non-hydrogen) atoms. The van der Waals surface area contributed by atoms with Crippen LogP contribution in [0.15, 0.2) is 48.9 Å². The maximum Gasteiger partial charge on any atom is 0.254 e. The quantitative estimate of drug-likeness (QED) is 0.735. The number of carbonyl (C=O) groups excluding carboxylic acids is 1. The van der Waals surface area contributed by atoms with E-state index >= 15 is 0 Å². The molecule has 0 saturated carbocycles. The van der Waals surface area contributed by atoms with Crippen LogP contribution < -0.4 is 0 Å². The summed E-state index contributed by atoms with van der Waals surface area (Å²) in [6.07, 6.45) is 3.17. The summed E-state index contributed by atoms with van der Waals surface area (Å²) in [4.78, 5) is 22.6. The Bertz CT molecular complexity index is 871. The van der Waals surface area contributed by atoms with Crippen molar-refractivity contribution in [1.29, 1.82) is 0 Å². The molecule has 0 aliphatic heterocycles. The van der Waals surface area contributed by atoms with Crippen LogP contribution in [0.5, 0.6) is 0 Å². The molecule has 0 aliphatic carbocycles. The maximum absolute atomic E-state index is 12.7. The lowest BCUT2D eigenvalue weighted by molar-refractivity contribution is 0.0739. The Morgan fingerprint density at radius 1 is 1.16 bits per heavy atom. The zero-order valence-corrected chi connectivity index (χ0v) is 14.8. The molecule has 0 saturated heterocycles. The topological polar surface area (TPSA) is 63.9 Å². The Hall–Kier alpha value is -3.02. The van der Waals surface area contributed by atoms with Crippen molar-refractivity contribution >= 4 is 5.91 Å². The van der Waals surface area contributed by atoms with Gasteiger partial charge in [-0.25, -0.2) is 14.6 Å². The molecule has 2 heterocycles. The summed E-state index contributed by atoms with van der Waals surface area (Å²) < 4.78 is 1.87. The Labute approximate surface area is 147 Å². The van der Waals surface area contributed by atoms with Crippen LogP contribution in [-0.4, -0.2) is 37.6 Å². The molecule has 0 aliphatic rings. The highest BCUT2D eigenvalue weighted by Gasteiger charge is 2.20. The molecule has 0 fully saturated rings. The molecule has 0 N–H and O–H groups in total. The summed E-state index contributed by atoms with van der Waals surface area (Å²) in [5, 5.41) is 4.47. The third kappa shape index (κ3) is 3.42. The first-order valence-corrected chi connectivity index (χ1v) is 8.14. The molecule has 3 rings (SSSR count). The summed E-state index contributed by atoms with van der Waals surface area (Å²) in [7, 11) is 1.78. The summed E-state index contributed by atoms with van der Waals surface area (Å²) in [6, 6.07) is 11.2. The van der Waals surface area contributed by atoms with Gasteiger partial charge < -0.3 is 4.90 Å². The molecule has 0 unspecified atom stereocenters. The van der Waals surface area contributed by atoms with E-state index in [4.69, 9.17) is 0 Å². The van der Waals surface area contributed by atoms with Gasteiger partial charge in [0, 0.05) is 24.5 Å². The predicted molar refractivity (Wildman–Crippen MR) is 95.6 cm³/mol.